The summed E-state index contributed by atoms with van der Waals surface area (Å²) >= 11 is 0. The number of alkyl halides is 3. The molecular weight excluding hydrogens is 321 g/mol. The average molecular weight is 340 g/mol. The lowest BCUT2D eigenvalue weighted by molar-refractivity contribution is -0.212. The summed E-state index contributed by atoms with van der Waals surface area (Å²) in [4.78, 5) is 0. The Morgan fingerprint density at radius 3 is 2.50 bits per heavy atom. The van der Waals surface area contributed by atoms with Gasteiger partial charge in [0.05, 0.1) is 30.4 Å². The van der Waals surface area contributed by atoms with E-state index in [1.54, 1.807) is 6.07 Å². The molecule has 1 aromatic rings. The minimum Gasteiger partial charge on any atom is -0.382 e. The lowest BCUT2D eigenvalue weighted by Gasteiger charge is -2.39. The normalized spacial score (nSPS) is 24.9. The van der Waals surface area contributed by atoms with Crippen molar-refractivity contribution < 1.29 is 22.6 Å². The van der Waals surface area contributed by atoms with E-state index in [4.69, 9.17) is 14.7 Å². The van der Waals surface area contributed by atoms with Crippen LogP contribution in [0.1, 0.15) is 37.8 Å². The van der Waals surface area contributed by atoms with Crippen LogP contribution in [-0.2, 0) is 15.7 Å². The van der Waals surface area contributed by atoms with E-state index in [0.29, 0.717) is 25.3 Å². The Morgan fingerprint density at radius 2 is 1.92 bits per heavy atom. The number of ether oxygens (including phenoxy) is 2. The number of rotatable bonds is 2. The minimum absolute atomic E-state index is 0.0929. The van der Waals surface area contributed by atoms with Crippen molar-refractivity contribution in [2.45, 2.75) is 44.7 Å². The number of hydrogen-bond acceptors (Lipinski definition) is 4. The minimum atomic E-state index is -4.56. The molecule has 1 unspecified atom stereocenters. The first-order chi connectivity index (χ1) is 11.2. The monoisotopic (exact) mass is 340 g/mol. The van der Waals surface area contributed by atoms with E-state index in [1.165, 1.54) is 12.1 Å². The molecule has 0 radical (unpaired) electrons. The maximum atomic E-state index is 13.1. The molecule has 1 spiro atoms. The maximum absolute atomic E-state index is 13.1. The van der Waals surface area contributed by atoms with E-state index < -0.39 is 22.9 Å². The van der Waals surface area contributed by atoms with Crippen molar-refractivity contribution in [3.05, 3.63) is 29.3 Å². The summed E-state index contributed by atoms with van der Waals surface area (Å²) in [5, 5.41) is 12.1. The second-order valence-corrected chi connectivity index (χ2v) is 6.78. The number of nitrogens with zero attached hydrogens (tertiary/aromatic N) is 1. The van der Waals surface area contributed by atoms with Crippen LogP contribution in [0.3, 0.4) is 0 Å². The second-order valence-electron chi connectivity index (χ2n) is 6.78. The standard InChI is InChI=1S/C17H19F3N2O2/c1-15(2)14(5-6-16(15)23-7-8-24-16)22-12-4-3-11(10-21)13(9-12)17(18,19)20/h3-4,9,14,22H,5-8H2,1-2H3. The predicted octanol–water partition coefficient (Wildman–Crippen LogP) is 3.92. The van der Waals surface area contributed by atoms with Gasteiger partial charge in [-0.2, -0.15) is 18.4 Å². The van der Waals surface area contributed by atoms with Crippen molar-refractivity contribution in [2.24, 2.45) is 5.41 Å². The van der Waals surface area contributed by atoms with Crippen LogP contribution in [0.2, 0.25) is 0 Å². The lowest BCUT2D eigenvalue weighted by Crippen LogP contribution is -2.48. The van der Waals surface area contributed by atoms with E-state index in [1.807, 2.05) is 13.8 Å². The molecule has 1 aliphatic heterocycles. The van der Waals surface area contributed by atoms with Crippen LogP contribution < -0.4 is 5.32 Å². The highest BCUT2D eigenvalue weighted by atomic mass is 19.4. The van der Waals surface area contributed by atoms with Crippen LogP contribution >= 0.6 is 0 Å². The van der Waals surface area contributed by atoms with Crippen molar-refractivity contribution >= 4 is 5.69 Å². The number of anilines is 1. The lowest BCUT2D eigenvalue weighted by atomic mass is 9.82. The largest absolute Gasteiger partial charge is 0.417 e. The third kappa shape index (κ3) is 2.64. The third-order valence-electron chi connectivity index (χ3n) is 5.16. The first kappa shape index (κ1) is 17.1. The van der Waals surface area contributed by atoms with Gasteiger partial charge in [-0.15, -0.1) is 0 Å². The summed E-state index contributed by atoms with van der Waals surface area (Å²) in [5.41, 5.74) is -1.35. The van der Waals surface area contributed by atoms with E-state index in [0.717, 1.165) is 12.5 Å². The number of nitriles is 1. The zero-order valence-electron chi connectivity index (χ0n) is 13.5. The van der Waals surface area contributed by atoms with Crippen LogP contribution in [-0.4, -0.2) is 25.0 Å². The Labute approximate surface area is 138 Å². The topological polar surface area (TPSA) is 54.3 Å². The Hall–Kier alpha value is -1.78. The van der Waals surface area contributed by atoms with Gasteiger partial charge >= 0.3 is 6.18 Å². The molecule has 0 bridgehead atoms. The van der Waals surface area contributed by atoms with Crippen LogP contribution in [0.25, 0.3) is 0 Å². The second kappa shape index (κ2) is 5.64. The molecule has 4 nitrogen and oxygen atoms in total. The molecule has 0 amide bonds. The highest BCUT2D eigenvalue weighted by Gasteiger charge is 2.58. The molecule has 1 saturated heterocycles. The van der Waals surface area contributed by atoms with E-state index in [2.05, 4.69) is 5.32 Å². The van der Waals surface area contributed by atoms with Crippen molar-refractivity contribution in [3.63, 3.8) is 0 Å². The molecular formula is C17H19F3N2O2. The highest BCUT2D eigenvalue weighted by molar-refractivity contribution is 5.54. The van der Waals surface area contributed by atoms with Crippen LogP contribution in [0.5, 0.6) is 0 Å². The SMILES string of the molecule is CC1(C)C(Nc2ccc(C#N)c(C(F)(F)F)c2)CCC12OCCO2. The Balaban J connectivity index is 1.86. The zero-order chi connectivity index (χ0) is 17.6. The number of hydrogen-bond donors (Lipinski definition) is 1. The molecule has 0 aromatic heterocycles. The van der Waals surface area contributed by atoms with Gasteiger partial charge in [0, 0.05) is 23.6 Å². The Bertz CT molecular complexity index is 673. The molecule has 1 aromatic carbocycles. The molecule has 1 saturated carbocycles. The van der Waals surface area contributed by atoms with Gasteiger partial charge in [-0.05, 0) is 24.6 Å². The van der Waals surface area contributed by atoms with E-state index >= 15 is 0 Å². The molecule has 2 aliphatic rings. The van der Waals surface area contributed by atoms with Crippen LogP contribution in [0, 0.1) is 16.7 Å². The Morgan fingerprint density at radius 1 is 1.25 bits per heavy atom. The van der Waals surface area contributed by atoms with Crippen LogP contribution in [0.4, 0.5) is 18.9 Å². The number of halogens is 3. The maximum Gasteiger partial charge on any atom is 0.417 e. The summed E-state index contributed by atoms with van der Waals surface area (Å²) in [7, 11) is 0. The third-order valence-corrected chi connectivity index (χ3v) is 5.16. The van der Waals surface area contributed by atoms with Gasteiger partial charge < -0.3 is 14.8 Å². The molecule has 1 atom stereocenters. The van der Waals surface area contributed by atoms with Gasteiger partial charge in [0.2, 0.25) is 0 Å². The van der Waals surface area contributed by atoms with E-state index in [-0.39, 0.29) is 11.6 Å². The summed E-state index contributed by atoms with van der Waals surface area (Å²) < 4.78 is 50.9. The fourth-order valence-electron chi connectivity index (χ4n) is 3.67. The Kier molecular flexibility index (Phi) is 4.01. The van der Waals surface area contributed by atoms with Crippen molar-refractivity contribution in [3.8, 4) is 6.07 Å². The first-order valence-electron chi connectivity index (χ1n) is 7.85. The molecule has 24 heavy (non-hydrogen) atoms. The van der Waals surface area contributed by atoms with Crippen LogP contribution in [0.15, 0.2) is 18.2 Å². The van der Waals surface area contributed by atoms with Gasteiger partial charge in [-0.3, -0.25) is 0 Å². The predicted molar refractivity (Wildman–Crippen MR) is 81.2 cm³/mol. The van der Waals surface area contributed by atoms with Crippen molar-refractivity contribution in [1.82, 2.24) is 0 Å². The summed E-state index contributed by atoms with van der Waals surface area (Å²) in [6.45, 7) is 5.06. The summed E-state index contributed by atoms with van der Waals surface area (Å²) in [5.74, 6) is -0.676. The fourth-order valence-corrected chi connectivity index (χ4v) is 3.67. The highest BCUT2D eigenvalue weighted by Crippen LogP contribution is 2.52. The van der Waals surface area contributed by atoms with Gasteiger partial charge in [-0.1, -0.05) is 13.8 Å². The smallest absolute Gasteiger partial charge is 0.382 e. The summed E-state index contributed by atoms with van der Waals surface area (Å²) in [6, 6.07) is 5.20. The number of benzene rings is 1. The average Bonchev–Trinajstić information content (AvgIpc) is 3.08. The van der Waals surface area contributed by atoms with Crippen molar-refractivity contribution in [1.29, 1.82) is 5.26 Å². The zero-order valence-corrected chi connectivity index (χ0v) is 13.5. The van der Waals surface area contributed by atoms with Gasteiger partial charge in [0.1, 0.15) is 0 Å². The molecule has 1 N–H and O–H groups in total. The van der Waals surface area contributed by atoms with E-state index in [9.17, 15) is 13.2 Å². The van der Waals surface area contributed by atoms with Crippen molar-refractivity contribution in [2.75, 3.05) is 18.5 Å². The first-order valence-corrected chi connectivity index (χ1v) is 7.85. The van der Waals surface area contributed by atoms with Gasteiger partial charge in [0.25, 0.3) is 0 Å². The quantitative estimate of drug-likeness (QED) is 0.886. The van der Waals surface area contributed by atoms with Gasteiger partial charge in [-0.25, -0.2) is 0 Å². The molecule has 1 aliphatic carbocycles. The van der Waals surface area contributed by atoms with Gasteiger partial charge in [0.15, 0.2) is 5.79 Å². The molecule has 130 valence electrons. The molecule has 3 rings (SSSR count). The molecule has 1 heterocycles. The molecule has 2 fully saturated rings. The fraction of sp³-hybridized carbons (Fsp3) is 0.588. The molecule has 7 heteroatoms. The number of nitrogens with one attached hydrogen (secondary N) is 1. The summed E-state index contributed by atoms with van der Waals surface area (Å²) in [6.07, 6.45) is -3.14.